The normalized spacial score (nSPS) is 15.9. The van der Waals surface area contributed by atoms with Crippen LogP contribution in [0.25, 0.3) is 0 Å². The minimum atomic E-state index is -0.200. The van der Waals surface area contributed by atoms with Crippen LogP contribution < -0.4 is 4.90 Å². The zero-order valence-corrected chi connectivity index (χ0v) is 15.2. The Bertz CT molecular complexity index is 702. The summed E-state index contributed by atoms with van der Waals surface area (Å²) in [5.41, 5.74) is 1.86. The maximum atomic E-state index is 13.9. The molecule has 25 heavy (non-hydrogen) atoms. The SMILES string of the molecule is C[C@@H](SCc1ccccc1)C(=O)N1CCN(c2ccccc2F)CC1. The smallest absolute Gasteiger partial charge is 0.235 e. The highest BCUT2D eigenvalue weighted by Crippen LogP contribution is 2.23. The number of carbonyl (C=O) groups is 1. The van der Waals surface area contributed by atoms with Crippen LogP contribution in [-0.2, 0) is 10.5 Å². The van der Waals surface area contributed by atoms with Crippen LogP contribution in [0.2, 0.25) is 0 Å². The lowest BCUT2D eigenvalue weighted by Crippen LogP contribution is -2.50. The molecule has 0 aliphatic carbocycles. The van der Waals surface area contributed by atoms with E-state index in [9.17, 15) is 9.18 Å². The minimum absolute atomic E-state index is 0.0692. The minimum Gasteiger partial charge on any atom is -0.366 e. The highest BCUT2D eigenvalue weighted by molar-refractivity contribution is 7.99. The summed E-state index contributed by atoms with van der Waals surface area (Å²) in [6.07, 6.45) is 0. The van der Waals surface area contributed by atoms with Gasteiger partial charge in [0.2, 0.25) is 5.91 Å². The van der Waals surface area contributed by atoms with Gasteiger partial charge < -0.3 is 9.80 Å². The van der Waals surface area contributed by atoms with Gasteiger partial charge in [-0.2, -0.15) is 0 Å². The van der Waals surface area contributed by atoms with Gasteiger partial charge in [0.1, 0.15) is 5.82 Å². The van der Waals surface area contributed by atoms with E-state index in [0.717, 1.165) is 5.75 Å². The van der Waals surface area contributed by atoms with E-state index in [0.29, 0.717) is 31.9 Å². The van der Waals surface area contributed by atoms with Crippen molar-refractivity contribution in [1.29, 1.82) is 0 Å². The van der Waals surface area contributed by atoms with Crippen molar-refractivity contribution in [2.24, 2.45) is 0 Å². The van der Waals surface area contributed by atoms with Gasteiger partial charge in [-0.3, -0.25) is 4.79 Å². The van der Waals surface area contributed by atoms with Crippen molar-refractivity contribution in [1.82, 2.24) is 4.90 Å². The summed E-state index contributed by atoms with van der Waals surface area (Å²) in [5.74, 6) is 0.811. The predicted octanol–water partition coefficient (Wildman–Crippen LogP) is 3.80. The second-order valence-corrected chi connectivity index (χ2v) is 7.53. The van der Waals surface area contributed by atoms with E-state index < -0.39 is 0 Å². The first-order valence-corrected chi connectivity index (χ1v) is 9.64. The first-order chi connectivity index (χ1) is 12.1. The number of carbonyl (C=O) groups excluding carboxylic acids is 1. The Morgan fingerprint density at radius 2 is 1.68 bits per heavy atom. The molecule has 0 bridgehead atoms. The summed E-state index contributed by atoms with van der Waals surface area (Å²) in [6, 6.07) is 17.0. The third-order valence-electron chi connectivity index (χ3n) is 4.48. The van der Waals surface area contributed by atoms with Crippen LogP contribution >= 0.6 is 11.8 Å². The lowest BCUT2D eigenvalue weighted by molar-refractivity contribution is -0.130. The van der Waals surface area contributed by atoms with Gasteiger partial charge >= 0.3 is 0 Å². The van der Waals surface area contributed by atoms with E-state index in [-0.39, 0.29) is 17.0 Å². The topological polar surface area (TPSA) is 23.6 Å². The molecule has 132 valence electrons. The standard InChI is InChI=1S/C20H23FN2OS/c1-16(25-15-17-7-3-2-4-8-17)20(24)23-13-11-22(12-14-23)19-10-6-5-9-18(19)21/h2-10,16H,11-15H2,1H3/t16-/m1/s1. The average Bonchev–Trinajstić information content (AvgIpc) is 2.67. The van der Waals surface area contributed by atoms with E-state index in [1.165, 1.54) is 11.6 Å². The molecule has 3 nitrogen and oxygen atoms in total. The predicted molar refractivity (Wildman–Crippen MR) is 102 cm³/mol. The number of hydrogen-bond donors (Lipinski definition) is 0. The third-order valence-corrected chi connectivity index (χ3v) is 5.68. The highest BCUT2D eigenvalue weighted by Gasteiger charge is 2.26. The molecule has 1 aliphatic heterocycles. The van der Waals surface area contributed by atoms with Crippen molar-refractivity contribution in [3.63, 3.8) is 0 Å². The Labute approximate surface area is 152 Å². The summed E-state index contributed by atoms with van der Waals surface area (Å²) in [7, 11) is 0. The zero-order chi connectivity index (χ0) is 17.6. The maximum absolute atomic E-state index is 13.9. The molecular weight excluding hydrogens is 335 g/mol. The molecule has 1 atom stereocenters. The Balaban J connectivity index is 1.50. The molecule has 0 spiro atoms. The third kappa shape index (κ3) is 4.54. The fourth-order valence-electron chi connectivity index (χ4n) is 3.00. The average molecular weight is 358 g/mol. The molecule has 0 saturated carbocycles. The molecule has 0 N–H and O–H groups in total. The van der Waals surface area contributed by atoms with Crippen molar-refractivity contribution >= 4 is 23.4 Å². The molecule has 0 unspecified atom stereocenters. The van der Waals surface area contributed by atoms with Gasteiger partial charge in [-0.25, -0.2) is 4.39 Å². The molecule has 1 heterocycles. The molecule has 1 amide bonds. The monoisotopic (exact) mass is 358 g/mol. The summed E-state index contributed by atoms with van der Waals surface area (Å²) in [4.78, 5) is 16.6. The number of thioether (sulfide) groups is 1. The van der Waals surface area contributed by atoms with Crippen molar-refractivity contribution in [2.75, 3.05) is 31.1 Å². The van der Waals surface area contributed by atoms with Crippen molar-refractivity contribution in [3.05, 3.63) is 66.0 Å². The van der Waals surface area contributed by atoms with Gasteiger partial charge in [0.05, 0.1) is 10.9 Å². The van der Waals surface area contributed by atoms with Gasteiger partial charge in [0.15, 0.2) is 0 Å². The Morgan fingerprint density at radius 1 is 1.04 bits per heavy atom. The number of para-hydroxylation sites is 1. The molecule has 1 aliphatic rings. The van der Waals surface area contributed by atoms with Crippen molar-refractivity contribution < 1.29 is 9.18 Å². The van der Waals surface area contributed by atoms with E-state index in [1.54, 1.807) is 23.9 Å². The van der Waals surface area contributed by atoms with Crippen molar-refractivity contribution in [3.8, 4) is 0 Å². The number of hydrogen-bond acceptors (Lipinski definition) is 3. The van der Waals surface area contributed by atoms with E-state index in [1.807, 2.05) is 41.0 Å². The lowest BCUT2D eigenvalue weighted by atomic mass is 10.2. The number of benzene rings is 2. The largest absolute Gasteiger partial charge is 0.366 e. The summed E-state index contributed by atoms with van der Waals surface area (Å²) < 4.78 is 13.9. The fourth-order valence-corrected chi connectivity index (χ4v) is 3.93. The molecule has 0 aromatic heterocycles. The molecule has 0 radical (unpaired) electrons. The number of nitrogens with zero attached hydrogens (tertiary/aromatic N) is 2. The van der Waals surface area contributed by atoms with Crippen LogP contribution in [-0.4, -0.2) is 42.2 Å². The molecular formula is C20H23FN2OS. The Hall–Kier alpha value is -2.01. The first-order valence-electron chi connectivity index (χ1n) is 8.59. The number of anilines is 1. The van der Waals surface area contributed by atoms with Crippen LogP contribution in [0.1, 0.15) is 12.5 Å². The van der Waals surface area contributed by atoms with Crippen molar-refractivity contribution in [2.45, 2.75) is 17.9 Å². The number of halogens is 1. The van der Waals surface area contributed by atoms with Gasteiger partial charge in [0, 0.05) is 31.9 Å². The zero-order valence-electron chi connectivity index (χ0n) is 14.4. The molecule has 2 aromatic rings. The number of amides is 1. The number of rotatable bonds is 5. The molecule has 1 fully saturated rings. The van der Waals surface area contributed by atoms with Crippen LogP contribution in [0.3, 0.4) is 0 Å². The molecule has 2 aromatic carbocycles. The van der Waals surface area contributed by atoms with E-state index >= 15 is 0 Å². The highest BCUT2D eigenvalue weighted by atomic mass is 32.2. The Morgan fingerprint density at radius 3 is 2.36 bits per heavy atom. The molecule has 3 rings (SSSR count). The molecule has 1 saturated heterocycles. The quantitative estimate of drug-likeness (QED) is 0.812. The first kappa shape index (κ1) is 17.8. The summed E-state index contributed by atoms with van der Waals surface area (Å²) >= 11 is 1.67. The number of piperazine rings is 1. The second-order valence-electron chi connectivity index (χ2n) is 6.20. The lowest BCUT2D eigenvalue weighted by Gasteiger charge is -2.37. The maximum Gasteiger partial charge on any atom is 0.235 e. The summed E-state index contributed by atoms with van der Waals surface area (Å²) in [6.45, 7) is 4.59. The fraction of sp³-hybridized carbons (Fsp3) is 0.350. The van der Waals surface area contributed by atoms with Gasteiger partial charge in [-0.05, 0) is 24.6 Å². The van der Waals surface area contributed by atoms with Gasteiger partial charge in [0.25, 0.3) is 0 Å². The van der Waals surface area contributed by atoms with E-state index in [2.05, 4.69) is 12.1 Å². The Kier molecular flexibility index (Phi) is 5.97. The van der Waals surface area contributed by atoms with Crippen LogP contribution in [0.5, 0.6) is 0 Å². The van der Waals surface area contributed by atoms with E-state index in [4.69, 9.17) is 0 Å². The van der Waals surface area contributed by atoms with Crippen LogP contribution in [0, 0.1) is 5.82 Å². The summed E-state index contributed by atoms with van der Waals surface area (Å²) in [5, 5.41) is -0.0692. The van der Waals surface area contributed by atoms with Crippen LogP contribution in [0.15, 0.2) is 54.6 Å². The molecule has 5 heteroatoms. The van der Waals surface area contributed by atoms with Gasteiger partial charge in [-0.1, -0.05) is 42.5 Å². The van der Waals surface area contributed by atoms with Crippen LogP contribution in [0.4, 0.5) is 10.1 Å². The second kappa shape index (κ2) is 8.39. The van der Waals surface area contributed by atoms with Gasteiger partial charge in [-0.15, -0.1) is 11.8 Å².